The summed E-state index contributed by atoms with van der Waals surface area (Å²) < 4.78 is 8.84. The van der Waals surface area contributed by atoms with Crippen molar-refractivity contribution in [3.8, 4) is 11.1 Å². The number of nitrogens with one attached hydrogen (secondary N) is 1. The molecule has 0 fully saturated rings. The Morgan fingerprint density at radius 2 is 1.93 bits per heavy atom. The maximum Gasteiger partial charge on any atom is 0.336 e. The molecule has 2 heterocycles. The summed E-state index contributed by atoms with van der Waals surface area (Å²) in [5.74, 6) is 0. The van der Waals surface area contributed by atoms with E-state index in [-0.39, 0.29) is 10.9 Å². The molecule has 0 saturated carbocycles. The Kier molecular flexibility index (Phi) is 5.76. The number of hydrogen-bond donors (Lipinski definition) is 2. The summed E-state index contributed by atoms with van der Waals surface area (Å²) >= 11 is 1.62. The average Bonchev–Trinajstić information content (AvgIpc) is 3.21. The molecule has 0 aliphatic carbocycles. The summed E-state index contributed by atoms with van der Waals surface area (Å²) in [5.41, 5.74) is 4.53. The second kappa shape index (κ2) is 8.32. The maximum atomic E-state index is 12.2. The van der Waals surface area contributed by atoms with Gasteiger partial charge in [-0.1, -0.05) is 55.8 Å². The van der Waals surface area contributed by atoms with E-state index in [1.807, 2.05) is 51.1 Å². The third-order valence-electron chi connectivity index (χ3n) is 5.92. The second-order valence-corrected chi connectivity index (χ2v) is 9.01. The molecule has 0 radical (unpaired) electrons. The van der Waals surface area contributed by atoms with Crippen molar-refractivity contribution in [2.24, 2.45) is 0 Å². The third-order valence-corrected chi connectivity index (χ3v) is 6.86. The number of rotatable bonds is 6. The van der Waals surface area contributed by atoms with Crippen molar-refractivity contribution in [3.05, 3.63) is 81.9 Å². The first kappa shape index (κ1) is 20.8. The Hall–Kier alpha value is -2.50. The fourth-order valence-electron chi connectivity index (χ4n) is 3.99. The van der Waals surface area contributed by atoms with Crippen molar-refractivity contribution in [1.29, 1.82) is 0 Å². The Labute approximate surface area is 181 Å². The molecule has 1 aliphatic heterocycles. The van der Waals surface area contributed by atoms with Gasteiger partial charge < -0.3 is 14.2 Å². The molecule has 4 rings (SSSR count). The Balaban J connectivity index is 1.65. The molecule has 30 heavy (non-hydrogen) atoms. The summed E-state index contributed by atoms with van der Waals surface area (Å²) in [6.07, 6.45) is 4.27. The van der Waals surface area contributed by atoms with Crippen LogP contribution < -0.4 is 10.3 Å². The van der Waals surface area contributed by atoms with Gasteiger partial charge in [-0.2, -0.15) is 0 Å². The van der Waals surface area contributed by atoms with Gasteiger partial charge in [0.05, 0.1) is 0 Å². The van der Waals surface area contributed by atoms with E-state index < -0.39 is 5.60 Å². The van der Waals surface area contributed by atoms with Crippen molar-refractivity contribution >= 4 is 22.9 Å². The van der Waals surface area contributed by atoms with Gasteiger partial charge in [0.15, 0.2) is 0 Å². The molecule has 2 N–H and O–H groups in total. The monoisotopic (exact) mass is 421 g/mol. The second-order valence-electron chi connectivity index (χ2n) is 7.96. The first-order valence-corrected chi connectivity index (χ1v) is 11.3. The fourth-order valence-corrected chi connectivity index (χ4v) is 5.01. The molecular formula is C25H27NO3S. The van der Waals surface area contributed by atoms with E-state index >= 15 is 0 Å². The van der Waals surface area contributed by atoms with Gasteiger partial charge in [-0.25, -0.2) is 4.79 Å². The summed E-state index contributed by atoms with van der Waals surface area (Å²) in [6.45, 7) is 6.05. The summed E-state index contributed by atoms with van der Waals surface area (Å²) in [6, 6.07) is 15.8. The van der Waals surface area contributed by atoms with Crippen LogP contribution in [0.25, 0.3) is 22.1 Å². The first-order chi connectivity index (χ1) is 14.4. The van der Waals surface area contributed by atoms with Crippen LogP contribution in [0.5, 0.6) is 0 Å². The van der Waals surface area contributed by atoms with E-state index in [1.165, 1.54) is 0 Å². The molecule has 3 aromatic rings. The summed E-state index contributed by atoms with van der Waals surface area (Å²) in [5, 5.41) is 11.9. The van der Waals surface area contributed by atoms with Crippen molar-refractivity contribution in [2.75, 3.05) is 0 Å². The highest BCUT2D eigenvalue weighted by Crippen LogP contribution is 2.34. The number of aliphatic hydroxyl groups is 1. The van der Waals surface area contributed by atoms with Crippen LogP contribution in [0.1, 0.15) is 37.8 Å². The zero-order valence-electron chi connectivity index (χ0n) is 17.6. The highest BCUT2D eigenvalue weighted by atomic mass is 32.2. The molecule has 0 amide bonds. The lowest BCUT2D eigenvalue weighted by Gasteiger charge is -2.26. The minimum Gasteiger partial charge on any atom is -0.423 e. The zero-order chi connectivity index (χ0) is 21.3. The Morgan fingerprint density at radius 3 is 2.67 bits per heavy atom. The summed E-state index contributed by atoms with van der Waals surface area (Å²) in [4.78, 5) is 12.2. The quantitative estimate of drug-likeness (QED) is 0.414. The van der Waals surface area contributed by atoms with Gasteiger partial charge >= 0.3 is 5.63 Å². The lowest BCUT2D eigenvalue weighted by molar-refractivity contribution is 0.0668. The van der Waals surface area contributed by atoms with E-state index in [2.05, 4.69) is 22.9 Å². The van der Waals surface area contributed by atoms with Gasteiger partial charge in [0.1, 0.15) is 11.2 Å². The van der Waals surface area contributed by atoms with Crippen molar-refractivity contribution in [1.82, 2.24) is 4.72 Å². The molecule has 4 nitrogen and oxygen atoms in total. The molecule has 0 saturated heterocycles. The number of fused-ring (bicyclic) bond motifs is 1. The van der Waals surface area contributed by atoms with E-state index in [0.717, 1.165) is 39.8 Å². The predicted octanol–water partition coefficient (Wildman–Crippen LogP) is 5.37. The Morgan fingerprint density at radius 1 is 1.13 bits per heavy atom. The van der Waals surface area contributed by atoms with Gasteiger partial charge in [0.25, 0.3) is 0 Å². The average molecular weight is 422 g/mol. The molecule has 1 aromatic heterocycles. The van der Waals surface area contributed by atoms with Gasteiger partial charge in [-0.3, -0.25) is 0 Å². The van der Waals surface area contributed by atoms with Crippen molar-refractivity contribution < 1.29 is 9.52 Å². The van der Waals surface area contributed by atoms with Crippen LogP contribution in [0.4, 0.5) is 0 Å². The van der Waals surface area contributed by atoms with Crippen LogP contribution in [0, 0.1) is 6.92 Å². The fraction of sp³-hybridized carbons (Fsp3) is 0.320. The molecule has 0 spiro atoms. The largest absolute Gasteiger partial charge is 0.423 e. The van der Waals surface area contributed by atoms with Gasteiger partial charge in [-0.05, 0) is 67.0 Å². The molecule has 1 atom stereocenters. The molecule has 156 valence electrons. The third kappa shape index (κ3) is 4.05. The van der Waals surface area contributed by atoms with Crippen LogP contribution in [-0.2, 0) is 6.42 Å². The minimum absolute atomic E-state index is 0.216. The standard InChI is InChI=1S/C25H27NO3S/c1-4-25(28,5-2)23-14-19(30-26-23)12-17-9-10-20-21(15-24(27)29-22(20)13-17)18-8-6-7-16(3)11-18/h6-11,13-15,19,26,28H,4-5,12H2,1-3H3. The molecule has 1 unspecified atom stereocenters. The molecule has 5 heteroatoms. The van der Waals surface area contributed by atoms with Crippen molar-refractivity contribution in [2.45, 2.75) is 50.9 Å². The normalized spacial score (nSPS) is 16.5. The molecule has 0 bridgehead atoms. The highest BCUT2D eigenvalue weighted by Gasteiger charge is 2.32. The number of aryl methyl sites for hydroxylation is 1. The van der Waals surface area contributed by atoms with E-state index in [1.54, 1.807) is 18.0 Å². The SMILES string of the molecule is CCC(O)(CC)C1=CC(Cc2ccc3c(-c4cccc(C)c4)cc(=O)oc3c2)SN1. The van der Waals surface area contributed by atoms with Crippen LogP contribution in [-0.4, -0.2) is 16.0 Å². The first-order valence-electron chi connectivity index (χ1n) is 10.4. The van der Waals surface area contributed by atoms with E-state index in [0.29, 0.717) is 18.4 Å². The lowest BCUT2D eigenvalue weighted by Crippen LogP contribution is -2.33. The van der Waals surface area contributed by atoms with Crippen LogP contribution in [0.3, 0.4) is 0 Å². The van der Waals surface area contributed by atoms with E-state index in [4.69, 9.17) is 4.42 Å². The number of benzene rings is 2. The topological polar surface area (TPSA) is 62.5 Å². The number of hydrogen-bond acceptors (Lipinski definition) is 5. The van der Waals surface area contributed by atoms with Gasteiger partial charge in [0.2, 0.25) is 0 Å². The maximum absolute atomic E-state index is 12.2. The Bertz CT molecular complexity index is 1160. The lowest BCUT2D eigenvalue weighted by atomic mass is 9.92. The molecule has 1 aliphatic rings. The van der Waals surface area contributed by atoms with Gasteiger partial charge in [0, 0.05) is 22.4 Å². The molecular weight excluding hydrogens is 394 g/mol. The van der Waals surface area contributed by atoms with Crippen LogP contribution in [0.2, 0.25) is 0 Å². The minimum atomic E-state index is -0.791. The van der Waals surface area contributed by atoms with Crippen LogP contribution >= 0.6 is 11.9 Å². The van der Waals surface area contributed by atoms with Gasteiger partial charge in [-0.15, -0.1) is 0 Å². The van der Waals surface area contributed by atoms with E-state index in [9.17, 15) is 9.90 Å². The zero-order valence-corrected chi connectivity index (χ0v) is 18.4. The summed E-state index contributed by atoms with van der Waals surface area (Å²) in [7, 11) is 0. The highest BCUT2D eigenvalue weighted by molar-refractivity contribution is 7.98. The molecule has 2 aromatic carbocycles. The predicted molar refractivity (Wildman–Crippen MR) is 124 cm³/mol. The van der Waals surface area contributed by atoms with Crippen LogP contribution in [0.15, 0.2) is 69.5 Å². The van der Waals surface area contributed by atoms with Crippen molar-refractivity contribution in [3.63, 3.8) is 0 Å². The smallest absolute Gasteiger partial charge is 0.336 e.